The second-order valence-corrected chi connectivity index (χ2v) is 12.6. The Labute approximate surface area is 281 Å². The monoisotopic (exact) mass is 684 g/mol. The molecule has 2 aromatic carbocycles. The van der Waals surface area contributed by atoms with Gasteiger partial charge in [-0.05, 0) is 67.2 Å². The van der Waals surface area contributed by atoms with Crippen molar-refractivity contribution in [3.8, 4) is 0 Å². The molecule has 0 spiro atoms. The molecule has 250 valence electrons. The molecule has 0 bridgehead atoms. The number of anilines is 3. The van der Waals surface area contributed by atoms with Crippen molar-refractivity contribution in [1.29, 1.82) is 0 Å². The average Bonchev–Trinajstić information content (AvgIpc) is 3.59. The molecule has 2 aromatic heterocycles. The highest BCUT2D eigenvalue weighted by Gasteiger charge is 2.44. The number of aromatic nitrogens is 2. The quantitative estimate of drug-likeness (QED) is 0.181. The first-order valence-electron chi connectivity index (χ1n) is 15.3. The van der Waals surface area contributed by atoms with Gasteiger partial charge in [-0.15, -0.1) is 0 Å². The lowest BCUT2D eigenvalue weighted by atomic mass is 9.77. The fourth-order valence-corrected chi connectivity index (χ4v) is 7.09. The normalized spacial score (nSPS) is 19.0. The smallest absolute Gasteiger partial charge is 0.303 e. The zero-order chi connectivity index (χ0) is 34.6. The van der Waals surface area contributed by atoms with Crippen molar-refractivity contribution in [1.82, 2.24) is 9.36 Å². The fourth-order valence-electron chi connectivity index (χ4n) is 6.17. The maximum atomic E-state index is 13.8. The van der Waals surface area contributed by atoms with Crippen LogP contribution in [0.2, 0.25) is 0 Å². The Morgan fingerprint density at radius 1 is 1.06 bits per heavy atom. The average molecular weight is 685 g/mol. The van der Waals surface area contributed by atoms with Crippen LogP contribution in [-0.4, -0.2) is 75.3 Å². The summed E-state index contributed by atoms with van der Waals surface area (Å²) < 4.78 is 15.4. The Balaban J connectivity index is 1.18. The van der Waals surface area contributed by atoms with Crippen LogP contribution in [0.25, 0.3) is 10.1 Å². The Morgan fingerprint density at radius 2 is 1.78 bits per heavy atom. The van der Waals surface area contributed by atoms with Gasteiger partial charge in [-0.3, -0.25) is 33.7 Å². The van der Waals surface area contributed by atoms with Crippen LogP contribution < -0.4 is 20.9 Å². The molecule has 7 rings (SSSR count). The van der Waals surface area contributed by atoms with Crippen LogP contribution in [0, 0.1) is 0 Å². The van der Waals surface area contributed by atoms with Crippen LogP contribution in [0.15, 0.2) is 54.6 Å². The van der Waals surface area contributed by atoms with Crippen molar-refractivity contribution >= 4 is 74.4 Å². The third kappa shape index (κ3) is 5.39. The summed E-state index contributed by atoms with van der Waals surface area (Å²) in [7, 11) is 0. The molecule has 1 aliphatic carbocycles. The number of pyridine rings is 1. The molecule has 4 aromatic rings. The summed E-state index contributed by atoms with van der Waals surface area (Å²) in [4.78, 5) is 85.4. The lowest BCUT2D eigenvalue weighted by Crippen LogP contribution is -2.57. The maximum Gasteiger partial charge on any atom is 0.303 e. The molecule has 4 heterocycles. The number of carbonyl (C=O) groups excluding carboxylic acids is 6. The van der Waals surface area contributed by atoms with Crippen molar-refractivity contribution in [2.45, 2.75) is 44.0 Å². The predicted molar refractivity (Wildman–Crippen MR) is 174 cm³/mol. The highest BCUT2D eigenvalue weighted by molar-refractivity contribution is 7.14. The number of ether oxygens (including phenoxy) is 2. The number of aliphatic hydroxyl groups is 1. The lowest BCUT2D eigenvalue weighted by molar-refractivity contribution is -0.167. The molecule has 1 saturated heterocycles. The number of rotatable bonds is 8. The number of primary amides is 1. The van der Waals surface area contributed by atoms with Gasteiger partial charge in [-0.25, -0.2) is 9.88 Å². The van der Waals surface area contributed by atoms with E-state index < -0.39 is 53.3 Å². The molecule has 1 saturated carbocycles. The Hall–Kier alpha value is -5.58. The van der Waals surface area contributed by atoms with Crippen LogP contribution >= 0.6 is 11.5 Å². The molecule has 4 N–H and O–H groups in total. The summed E-state index contributed by atoms with van der Waals surface area (Å²) in [6, 6.07) is 14.0. The van der Waals surface area contributed by atoms with E-state index in [0.29, 0.717) is 18.5 Å². The van der Waals surface area contributed by atoms with E-state index in [1.807, 2.05) is 0 Å². The minimum atomic E-state index is -1.79. The van der Waals surface area contributed by atoms with E-state index in [-0.39, 0.29) is 57.3 Å². The van der Waals surface area contributed by atoms with E-state index in [0.717, 1.165) is 29.8 Å². The number of carbonyl (C=O) groups is 6. The summed E-state index contributed by atoms with van der Waals surface area (Å²) in [6.45, 7) is 1.12. The first kappa shape index (κ1) is 32.0. The molecule has 15 nitrogen and oxygen atoms in total. The van der Waals surface area contributed by atoms with Crippen LogP contribution in [-0.2, 0) is 29.5 Å². The summed E-state index contributed by atoms with van der Waals surface area (Å²) in [6.07, 6.45) is -1.44. The Morgan fingerprint density at radius 3 is 2.41 bits per heavy atom. The number of fused-ring (bicyclic) bond motifs is 2. The predicted octanol–water partition coefficient (Wildman–Crippen LogP) is 2.26. The van der Waals surface area contributed by atoms with Crippen molar-refractivity contribution in [3.63, 3.8) is 0 Å². The maximum absolute atomic E-state index is 13.8. The fraction of sp³-hybridized carbons (Fsp3) is 0.273. The molecule has 5 amide bonds. The molecule has 16 heteroatoms. The van der Waals surface area contributed by atoms with Crippen molar-refractivity contribution in [2.75, 3.05) is 28.3 Å². The topological polar surface area (TPSA) is 211 Å². The summed E-state index contributed by atoms with van der Waals surface area (Å²) in [5.41, 5.74) is 5.24. The zero-order valence-electron chi connectivity index (χ0n) is 25.9. The van der Waals surface area contributed by atoms with Crippen molar-refractivity contribution < 1.29 is 43.3 Å². The van der Waals surface area contributed by atoms with Crippen molar-refractivity contribution in [3.05, 3.63) is 77.0 Å². The standard InChI is InChI=1S/C33H28N6O9S/c1-16(40)48-24(25-32(45)38(14-15-47-25)22-9-4-8-21(36-22)33(46)12-5-13-33)29(42)35-20-11-10-19-26(23(20)27(34)41)49-37-28(19)39-30(43)17-6-2-3-7-18(17)31(39)44/h2-4,6-11,24-25,46H,5,12-15H2,1H3,(H2,34,41)(H,35,42). The van der Waals surface area contributed by atoms with Crippen LogP contribution in [0.1, 0.15) is 63.0 Å². The molecule has 49 heavy (non-hydrogen) atoms. The SMILES string of the molecule is CC(=O)OC(C(=O)Nc1ccc2c(N3C(=O)c4ccccc4C3=O)nsc2c1C(N)=O)C1OCCN(c2cccc(C3(O)CCC3)n2)C1=O. The number of hydrogen-bond donors (Lipinski definition) is 3. The van der Waals surface area contributed by atoms with E-state index in [2.05, 4.69) is 14.7 Å². The Bertz CT molecular complexity index is 2060. The first-order chi connectivity index (χ1) is 23.5. The van der Waals surface area contributed by atoms with E-state index in [1.165, 1.54) is 29.2 Å². The number of esters is 1. The summed E-state index contributed by atoms with van der Waals surface area (Å²) >= 11 is 0.790. The third-order valence-corrected chi connectivity index (χ3v) is 9.62. The largest absolute Gasteiger partial charge is 0.449 e. The van der Waals surface area contributed by atoms with E-state index in [4.69, 9.17) is 15.2 Å². The number of morpholine rings is 1. The van der Waals surface area contributed by atoms with Gasteiger partial charge in [0.1, 0.15) is 11.4 Å². The van der Waals surface area contributed by atoms with Gasteiger partial charge in [-0.2, -0.15) is 4.37 Å². The third-order valence-electron chi connectivity index (χ3n) is 8.75. The van der Waals surface area contributed by atoms with Crippen LogP contribution in [0.5, 0.6) is 0 Å². The molecular weight excluding hydrogens is 656 g/mol. The van der Waals surface area contributed by atoms with E-state index >= 15 is 0 Å². The molecule has 2 unspecified atom stereocenters. The first-order valence-corrected chi connectivity index (χ1v) is 16.1. The number of nitrogens with zero attached hydrogens (tertiary/aromatic N) is 4. The molecule has 3 aliphatic rings. The summed E-state index contributed by atoms with van der Waals surface area (Å²) in [5.74, 6) is -4.47. The number of amides is 5. The lowest BCUT2D eigenvalue weighted by Gasteiger charge is -2.37. The molecule has 2 fully saturated rings. The van der Waals surface area contributed by atoms with Gasteiger partial charge in [0.25, 0.3) is 29.5 Å². The van der Waals surface area contributed by atoms with Gasteiger partial charge in [0, 0.05) is 12.3 Å². The van der Waals surface area contributed by atoms with Gasteiger partial charge >= 0.3 is 5.97 Å². The molecule has 0 radical (unpaired) electrons. The van der Waals surface area contributed by atoms with Crippen LogP contribution in [0.3, 0.4) is 0 Å². The highest BCUT2D eigenvalue weighted by atomic mass is 32.1. The van der Waals surface area contributed by atoms with Gasteiger partial charge in [-0.1, -0.05) is 18.2 Å². The van der Waals surface area contributed by atoms with Gasteiger partial charge in [0.2, 0.25) is 6.10 Å². The molecule has 2 aliphatic heterocycles. The summed E-state index contributed by atoms with van der Waals surface area (Å²) in [5, 5.41) is 13.6. The second kappa shape index (κ2) is 12.1. The van der Waals surface area contributed by atoms with Gasteiger partial charge < -0.3 is 25.6 Å². The number of imide groups is 1. The zero-order valence-corrected chi connectivity index (χ0v) is 26.7. The number of benzene rings is 2. The van der Waals surface area contributed by atoms with Gasteiger partial charge in [0.15, 0.2) is 11.9 Å². The molecule has 2 atom stereocenters. The highest BCUT2D eigenvalue weighted by Crippen LogP contribution is 2.41. The van der Waals surface area contributed by atoms with E-state index in [1.54, 1.807) is 30.3 Å². The minimum Gasteiger partial charge on any atom is -0.449 e. The number of hydrogen-bond acceptors (Lipinski definition) is 12. The van der Waals surface area contributed by atoms with E-state index in [9.17, 15) is 33.9 Å². The van der Waals surface area contributed by atoms with Gasteiger partial charge in [0.05, 0.1) is 45.9 Å². The van der Waals surface area contributed by atoms with Crippen LogP contribution in [0.4, 0.5) is 17.3 Å². The Kier molecular flexibility index (Phi) is 7.93. The molecular formula is C33H28N6O9S. The minimum absolute atomic E-state index is 0.00670. The number of nitrogens with one attached hydrogen (secondary N) is 1. The van der Waals surface area contributed by atoms with Crippen molar-refractivity contribution in [2.24, 2.45) is 5.73 Å². The second-order valence-electron chi connectivity index (χ2n) is 11.8. The number of nitrogens with two attached hydrogens (primary N) is 1.